The van der Waals surface area contributed by atoms with Gasteiger partial charge in [-0.2, -0.15) is 0 Å². The number of H-pyrrole nitrogens is 1. The number of fused-ring (bicyclic) bond motifs is 1. The fourth-order valence-corrected chi connectivity index (χ4v) is 3.98. The maximum absolute atomic E-state index is 12.5. The molecule has 3 atom stereocenters. The van der Waals surface area contributed by atoms with E-state index in [2.05, 4.69) is 10.2 Å². The zero-order valence-electron chi connectivity index (χ0n) is 14.7. The highest BCUT2D eigenvalue weighted by molar-refractivity contribution is 6.30. The topological polar surface area (TPSA) is 65.2 Å². The van der Waals surface area contributed by atoms with Gasteiger partial charge in [-0.1, -0.05) is 41.4 Å². The lowest BCUT2D eigenvalue weighted by Gasteiger charge is -2.07. The van der Waals surface area contributed by atoms with E-state index in [1.54, 1.807) is 4.68 Å². The van der Waals surface area contributed by atoms with Crippen LogP contribution in [0.25, 0.3) is 5.69 Å². The van der Waals surface area contributed by atoms with E-state index in [4.69, 9.17) is 21.1 Å². The molecular weight excluding hydrogens is 364 g/mol. The minimum Gasteiger partial charge on any atom is -0.282 e. The summed E-state index contributed by atoms with van der Waals surface area (Å²) < 4.78 is 6.80. The predicted molar refractivity (Wildman–Crippen MR) is 102 cm³/mol. The summed E-state index contributed by atoms with van der Waals surface area (Å²) in [4.78, 5) is 19.5. The average molecular weight is 382 g/mol. The van der Waals surface area contributed by atoms with Crippen LogP contribution in [0.15, 0.2) is 62.8 Å². The van der Waals surface area contributed by atoms with Gasteiger partial charge in [0.15, 0.2) is 0 Å². The van der Waals surface area contributed by atoms with Gasteiger partial charge in [-0.3, -0.25) is 14.4 Å². The van der Waals surface area contributed by atoms with Crippen LogP contribution in [0.3, 0.4) is 0 Å². The Balaban J connectivity index is 1.55. The first-order valence-electron chi connectivity index (χ1n) is 8.90. The molecule has 0 amide bonds. The molecule has 3 aromatic rings. The van der Waals surface area contributed by atoms with Crippen LogP contribution < -0.4 is 10.3 Å². The van der Waals surface area contributed by atoms with Gasteiger partial charge in [0, 0.05) is 23.7 Å². The van der Waals surface area contributed by atoms with E-state index in [-0.39, 0.29) is 12.1 Å². The highest BCUT2D eigenvalue weighted by Crippen LogP contribution is 2.46. The Hall–Kier alpha value is -2.70. The van der Waals surface area contributed by atoms with Gasteiger partial charge < -0.3 is 0 Å². The summed E-state index contributed by atoms with van der Waals surface area (Å²) in [6.45, 7) is 3.56. The molecule has 3 heterocycles. The summed E-state index contributed by atoms with van der Waals surface area (Å²) in [5.41, 5.74) is 4.00. The smallest absolute Gasteiger partial charge is 0.282 e. The van der Waals surface area contributed by atoms with Crippen LogP contribution in [0.1, 0.15) is 22.9 Å². The van der Waals surface area contributed by atoms with Gasteiger partial charge >= 0.3 is 11.3 Å². The number of benzene rings is 2. The summed E-state index contributed by atoms with van der Waals surface area (Å²) >= 11 is 6.02. The Morgan fingerprint density at radius 1 is 1.15 bits per heavy atom. The van der Waals surface area contributed by atoms with Gasteiger partial charge in [-0.15, -0.1) is 0 Å². The molecule has 1 aromatic heterocycles. The molecule has 7 heteroatoms. The number of rotatable bonds is 3. The predicted octanol–water partition coefficient (Wildman–Crippen LogP) is 2.43. The molecule has 2 aromatic carbocycles. The second-order valence-electron chi connectivity index (χ2n) is 6.95. The highest BCUT2D eigenvalue weighted by Gasteiger charge is 2.56. The molecule has 2 aliphatic rings. The van der Waals surface area contributed by atoms with Crippen molar-refractivity contribution in [1.29, 1.82) is 0 Å². The Kier molecular flexibility index (Phi) is 3.77. The van der Waals surface area contributed by atoms with E-state index in [1.807, 2.05) is 55.5 Å². The summed E-state index contributed by atoms with van der Waals surface area (Å²) in [5, 5.41) is 3.44. The lowest BCUT2D eigenvalue weighted by Crippen LogP contribution is -2.44. The molecule has 1 fully saturated rings. The Morgan fingerprint density at radius 2 is 1.89 bits per heavy atom. The number of nitrogens with zero attached hydrogens (tertiary/aromatic N) is 3. The summed E-state index contributed by atoms with van der Waals surface area (Å²) in [5.74, 6) is 0. The van der Waals surface area contributed by atoms with Crippen LogP contribution in [0.4, 0.5) is 0 Å². The fraction of sp³-hybridized carbons (Fsp3) is 0.250. The number of halogens is 1. The molecule has 27 heavy (non-hydrogen) atoms. The standard InChI is InChI=1S/C20H17ClN4O2/c1-12-2-8-15(9-3-12)25-19(20(26)27-23-25)16-18-17(24(18)11-10-22-16)13-4-6-14(21)7-5-13/h2-9,17-18H,10-11H2,1H3/p+1. The molecule has 5 rings (SSSR count). The first-order chi connectivity index (χ1) is 13.1. The third kappa shape index (κ3) is 2.72. The zero-order valence-corrected chi connectivity index (χ0v) is 15.5. The van der Waals surface area contributed by atoms with Gasteiger partial charge in [-0.05, 0) is 34.6 Å². The lowest BCUT2D eigenvalue weighted by molar-refractivity contribution is -0.671. The van der Waals surface area contributed by atoms with Crippen molar-refractivity contribution in [3.05, 3.63) is 80.8 Å². The molecule has 136 valence electrons. The lowest BCUT2D eigenvalue weighted by atomic mass is 10.1. The van der Waals surface area contributed by atoms with E-state index in [0.29, 0.717) is 12.2 Å². The van der Waals surface area contributed by atoms with E-state index in [1.165, 1.54) is 5.56 Å². The van der Waals surface area contributed by atoms with E-state index < -0.39 is 5.63 Å². The van der Waals surface area contributed by atoms with Crippen LogP contribution in [-0.4, -0.2) is 35.0 Å². The Labute approximate surface area is 160 Å². The summed E-state index contributed by atoms with van der Waals surface area (Å²) in [6, 6.07) is 16.1. The van der Waals surface area contributed by atoms with Crippen molar-refractivity contribution in [3.8, 4) is 5.69 Å². The molecule has 3 unspecified atom stereocenters. The first-order valence-corrected chi connectivity index (χ1v) is 9.28. The van der Waals surface area contributed by atoms with Gasteiger partial charge in [0.2, 0.25) is 5.69 Å². The van der Waals surface area contributed by atoms with Crippen molar-refractivity contribution in [2.75, 3.05) is 13.1 Å². The number of aromatic amines is 1. The minimum absolute atomic E-state index is 0.0790. The van der Waals surface area contributed by atoms with E-state index >= 15 is 0 Å². The number of nitrogens with one attached hydrogen (secondary N) is 1. The average Bonchev–Trinajstić information content (AvgIpc) is 3.29. The second-order valence-corrected chi connectivity index (χ2v) is 7.38. The molecule has 2 aliphatic heterocycles. The number of hydrogen-bond acceptors (Lipinski definition) is 4. The number of aromatic nitrogens is 2. The molecule has 0 aliphatic carbocycles. The molecule has 1 N–H and O–H groups in total. The van der Waals surface area contributed by atoms with Crippen molar-refractivity contribution in [1.82, 2.24) is 10.2 Å². The largest absolute Gasteiger partial charge is 0.437 e. The molecule has 0 saturated carbocycles. The van der Waals surface area contributed by atoms with Crippen molar-refractivity contribution >= 4 is 17.3 Å². The van der Waals surface area contributed by atoms with Gasteiger partial charge in [0.25, 0.3) is 0 Å². The van der Waals surface area contributed by atoms with Crippen molar-refractivity contribution in [3.63, 3.8) is 0 Å². The molecule has 1 saturated heterocycles. The SMILES string of the molecule is Cc1ccc(-[n+]2[nH]oc(=O)c2C2=NCCN3C2C3c2ccc(Cl)cc2)cc1. The Morgan fingerprint density at radius 3 is 2.63 bits per heavy atom. The third-order valence-electron chi connectivity index (χ3n) is 5.24. The van der Waals surface area contributed by atoms with Gasteiger partial charge in [-0.25, -0.2) is 4.79 Å². The first kappa shape index (κ1) is 16.5. The van der Waals surface area contributed by atoms with Gasteiger partial charge in [0.1, 0.15) is 5.71 Å². The van der Waals surface area contributed by atoms with Crippen LogP contribution in [0.2, 0.25) is 5.02 Å². The summed E-state index contributed by atoms with van der Waals surface area (Å²) in [6.07, 6.45) is 0. The number of aryl methyl sites for hydroxylation is 1. The second kappa shape index (κ2) is 6.18. The van der Waals surface area contributed by atoms with Crippen LogP contribution in [-0.2, 0) is 0 Å². The fourth-order valence-electron chi connectivity index (χ4n) is 3.86. The van der Waals surface area contributed by atoms with E-state index in [9.17, 15) is 4.79 Å². The normalized spacial score (nSPS) is 23.6. The monoisotopic (exact) mass is 381 g/mol. The molecule has 0 bridgehead atoms. The number of hydrogen-bond donors (Lipinski definition) is 1. The highest BCUT2D eigenvalue weighted by atomic mass is 35.5. The molecule has 6 nitrogen and oxygen atoms in total. The molecule has 0 radical (unpaired) electrons. The summed E-state index contributed by atoms with van der Waals surface area (Å²) in [7, 11) is 0. The molecular formula is C20H18ClN4O2+. The van der Waals surface area contributed by atoms with Gasteiger partial charge in [0.05, 0.1) is 18.6 Å². The van der Waals surface area contributed by atoms with Crippen LogP contribution in [0.5, 0.6) is 0 Å². The maximum atomic E-state index is 12.5. The van der Waals surface area contributed by atoms with Crippen molar-refractivity contribution < 1.29 is 9.20 Å². The van der Waals surface area contributed by atoms with E-state index in [0.717, 1.165) is 28.5 Å². The van der Waals surface area contributed by atoms with Crippen LogP contribution in [0, 0.1) is 6.92 Å². The number of aliphatic imine (C=N–C) groups is 1. The van der Waals surface area contributed by atoms with Crippen LogP contribution >= 0.6 is 11.6 Å². The Bertz CT molecular complexity index is 1080. The quantitative estimate of drug-likeness (QED) is 0.559. The maximum Gasteiger partial charge on any atom is 0.437 e. The van der Waals surface area contributed by atoms with Crippen molar-refractivity contribution in [2.24, 2.45) is 4.99 Å². The minimum atomic E-state index is -0.405. The molecule has 0 spiro atoms. The third-order valence-corrected chi connectivity index (χ3v) is 5.49. The van der Waals surface area contributed by atoms with Crippen molar-refractivity contribution in [2.45, 2.75) is 19.0 Å². The zero-order chi connectivity index (χ0) is 18.5.